The van der Waals surface area contributed by atoms with Crippen molar-refractivity contribution < 1.29 is 9.53 Å². The molecule has 3 N–H and O–H groups in total. The molecule has 0 aliphatic carbocycles. The highest BCUT2D eigenvalue weighted by Gasteiger charge is 2.06. The number of halogens is 2. The van der Waals surface area contributed by atoms with Gasteiger partial charge < -0.3 is 15.8 Å². The molecule has 0 bridgehead atoms. The third-order valence-corrected chi connectivity index (χ3v) is 3.83. The summed E-state index contributed by atoms with van der Waals surface area (Å²) in [7, 11) is 0. The Morgan fingerprint density at radius 2 is 1.86 bits per heavy atom. The highest BCUT2D eigenvalue weighted by molar-refractivity contribution is 9.11. The van der Waals surface area contributed by atoms with E-state index in [4.69, 9.17) is 10.5 Å². The molecule has 2 aromatic rings. The zero-order valence-electron chi connectivity index (χ0n) is 11.1. The fraction of sp³-hybridized carbons (Fsp3) is 0.133. The van der Waals surface area contributed by atoms with Crippen molar-refractivity contribution in [3.05, 3.63) is 51.4 Å². The minimum absolute atomic E-state index is 0.103. The lowest BCUT2D eigenvalue weighted by Gasteiger charge is -2.09. The zero-order valence-corrected chi connectivity index (χ0v) is 14.3. The quantitative estimate of drug-likeness (QED) is 0.722. The predicted molar refractivity (Wildman–Crippen MR) is 91.4 cm³/mol. The first-order chi connectivity index (χ1) is 10.0. The summed E-state index contributed by atoms with van der Waals surface area (Å²) in [5.41, 5.74) is 7.00. The number of benzene rings is 2. The lowest BCUT2D eigenvalue weighted by Crippen LogP contribution is -2.15. The number of ether oxygens (including phenoxy) is 1. The zero-order chi connectivity index (χ0) is 15.2. The van der Waals surface area contributed by atoms with Crippen molar-refractivity contribution in [2.75, 3.05) is 17.7 Å². The van der Waals surface area contributed by atoms with Crippen LogP contribution in [0.3, 0.4) is 0 Å². The standard InChI is InChI=1S/C15H14Br2N2O2/c16-10-1-6-14(13(17)9-10)19-15(20)7-8-21-12-4-2-11(18)3-5-12/h1-6,9H,7-8,18H2,(H,19,20). The normalized spacial score (nSPS) is 10.2. The largest absolute Gasteiger partial charge is 0.493 e. The average molecular weight is 414 g/mol. The molecule has 0 heterocycles. The van der Waals surface area contributed by atoms with E-state index in [1.54, 1.807) is 24.3 Å². The Morgan fingerprint density at radius 3 is 2.52 bits per heavy atom. The monoisotopic (exact) mass is 412 g/mol. The van der Waals surface area contributed by atoms with Gasteiger partial charge >= 0.3 is 0 Å². The molecule has 1 amide bonds. The van der Waals surface area contributed by atoms with Crippen LogP contribution in [0.5, 0.6) is 5.75 Å². The average Bonchev–Trinajstić information content (AvgIpc) is 2.44. The summed E-state index contributed by atoms with van der Waals surface area (Å²) in [6.07, 6.45) is 0.271. The molecule has 0 saturated carbocycles. The number of hydrogen-bond acceptors (Lipinski definition) is 3. The fourth-order valence-corrected chi connectivity index (χ4v) is 2.78. The summed E-state index contributed by atoms with van der Waals surface area (Å²) in [4.78, 5) is 11.9. The molecule has 0 fully saturated rings. The lowest BCUT2D eigenvalue weighted by atomic mass is 10.3. The van der Waals surface area contributed by atoms with E-state index in [0.717, 1.165) is 14.6 Å². The van der Waals surface area contributed by atoms with Gasteiger partial charge in [-0.1, -0.05) is 15.9 Å². The van der Waals surface area contributed by atoms with Gasteiger partial charge in [0.25, 0.3) is 0 Å². The van der Waals surface area contributed by atoms with E-state index in [0.29, 0.717) is 18.0 Å². The van der Waals surface area contributed by atoms with Gasteiger partial charge in [-0.3, -0.25) is 4.79 Å². The van der Waals surface area contributed by atoms with E-state index in [1.165, 1.54) is 0 Å². The Balaban J connectivity index is 1.81. The third-order valence-electron chi connectivity index (χ3n) is 2.68. The molecule has 4 nitrogen and oxygen atoms in total. The first-order valence-electron chi connectivity index (χ1n) is 6.28. The molecule has 2 aromatic carbocycles. The highest BCUT2D eigenvalue weighted by atomic mass is 79.9. The van der Waals surface area contributed by atoms with Crippen molar-refractivity contribution in [3.63, 3.8) is 0 Å². The lowest BCUT2D eigenvalue weighted by molar-refractivity contribution is -0.116. The van der Waals surface area contributed by atoms with Crippen molar-refractivity contribution in [1.82, 2.24) is 0 Å². The molecule has 0 spiro atoms. The molecule has 110 valence electrons. The Kier molecular flexibility index (Phi) is 5.64. The predicted octanol–water partition coefficient (Wildman–Crippen LogP) is 4.20. The van der Waals surface area contributed by atoms with Crippen LogP contribution < -0.4 is 15.8 Å². The van der Waals surface area contributed by atoms with E-state index in [2.05, 4.69) is 37.2 Å². The van der Waals surface area contributed by atoms with Gasteiger partial charge in [0.05, 0.1) is 18.7 Å². The minimum atomic E-state index is -0.103. The van der Waals surface area contributed by atoms with Gasteiger partial charge in [-0.2, -0.15) is 0 Å². The van der Waals surface area contributed by atoms with Crippen LogP contribution in [-0.2, 0) is 4.79 Å². The van der Waals surface area contributed by atoms with E-state index < -0.39 is 0 Å². The van der Waals surface area contributed by atoms with E-state index >= 15 is 0 Å². The van der Waals surface area contributed by atoms with Crippen LogP contribution in [-0.4, -0.2) is 12.5 Å². The summed E-state index contributed by atoms with van der Waals surface area (Å²) in [5.74, 6) is 0.593. The first-order valence-corrected chi connectivity index (χ1v) is 7.86. The maximum Gasteiger partial charge on any atom is 0.227 e. The molecular weight excluding hydrogens is 400 g/mol. The Hall–Kier alpha value is -1.53. The second-order valence-corrected chi connectivity index (χ2v) is 6.11. The number of nitrogens with two attached hydrogens (primary N) is 1. The van der Waals surface area contributed by atoms with Gasteiger partial charge in [-0.25, -0.2) is 0 Å². The number of carbonyl (C=O) groups excluding carboxylic acids is 1. The van der Waals surface area contributed by atoms with Gasteiger partial charge in [-0.15, -0.1) is 0 Å². The molecule has 0 radical (unpaired) electrons. The van der Waals surface area contributed by atoms with Crippen LogP contribution in [0.1, 0.15) is 6.42 Å². The minimum Gasteiger partial charge on any atom is -0.493 e. The maximum atomic E-state index is 11.9. The van der Waals surface area contributed by atoms with Crippen LogP contribution >= 0.6 is 31.9 Å². The van der Waals surface area contributed by atoms with E-state index in [-0.39, 0.29) is 12.3 Å². The summed E-state index contributed by atoms with van der Waals surface area (Å²) >= 11 is 6.76. The molecule has 0 saturated heterocycles. The Morgan fingerprint density at radius 1 is 1.14 bits per heavy atom. The van der Waals surface area contributed by atoms with Crippen molar-refractivity contribution in [1.29, 1.82) is 0 Å². The maximum absolute atomic E-state index is 11.9. The molecule has 2 rings (SSSR count). The number of anilines is 2. The third kappa shape index (κ3) is 5.06. The summed E-state index contributed by atoms with van der Waals surface area (Å²) in [6.45, 7) is 0.309. The number of carbonyl (C=O) groups is 1. The molecule has 0 atom stereocenters. The smallest absolute Gasteiger partial charge is 0.227 e. The van der Waals surface area contributed by atoms with Crippen LogP contribution in [0.2, 0.25) is 0 Å². The van der Waals surface area contributed by atoms with Gasteiger partial charge in [0.15, 0.2) is 0 Å². The second kappa shape index (κ2) is 7.47. The molecular formula is C15H14Br2N2O2. The van der Waals surface area contributed by atoms with Crippen molar-refractivity contribution in [3.8, 4) is 5.75 Å². The van der Waals surface area contributed by atoms with Crippen LogP contribution in [0.15, 0.2) is 51.4 Å². The fourth-order valence-electron chi connectivity index (χ4n) is 1.63. The second-order valence-electron chi connectivity index (χ2n) is 4.34. The molecule has 0 aliphatic heterocycles. The molecule has 21 heavy (non-hydrogen) atoms. The van der Waals surface area contributed by atoms with Gasteiger partial charge in [0, 0.05) is 14.6 Å². The highest BCUT2D eigenvalue weighted by Crippen LogP contribution is 2.26. The molecule has 6 heteroatoms. The van der Waals surface area contributed by atoms with Crippen molar-refractivity contribution in [2.24, 2.45) is 0 Å². The van der Waals surface area contributed by atoms with E-state index in [9.17, 15) is 4.79 Å². The van der Waals surface area contributed by atoms with Gasteiger partial charge in [0.1, 0.15) is 5.75 Å². The first kappa shape index (κ1) is 15.9. The number of hydrogen-bond donors (Lipinski definition) is 2. The summed E-state index contributed by atoms with van der Waals surface area (Å²) in [6, 6.07) is 12.6. The number of nitrogen functional groups attached to an aromatic ring is 1. The van der Waals surface area contributed by atoms with Crippen molar-refractivity contribution in [2.45, 2.75) is 6.42 Å². The van der Waals surface area contributed by atoms with Crippen molar-refractivity contribution >= 4 is 49.1 Å². The summed E-state index contributed by atoms with van der Waals surface area (Å²) in [5, 5.41) is 2.83. The molecule has 0 unspecified atom stereocenters. The van der Waals surface area contributed by atoms with Crippen LogP contribution in [0.4, 0.5) is 11.4 Å². The van der Waals surface area contributed by atoms with Crippen LogP contribution in [0, 0.1) is 0 Å². The van der Waals surface area contributed by atoms with Crippen LogP contribution in [0.25, 0.3) is 0 Å². The molecule has 0 aromatic heterocycles. The number of nitrogens with one attached hydrogen (secondary N) is 1. The van der Waals surface area contributed by atoms with Gasteiger partial charge in [0.2, 0.25) is 5.91 Å². The number of amides is 1. The Labute approximate surface area is 139 Å². The topological polar surface area (TPSA) is 64.3 Å². The Bertz CT molecular complexity index is 630. The SMILES string of the molecule is Nc1ccc(OCCC(=O)Nc2ccc(Br)cc2Br)cc1. The summed E-state index contributed by atoms with van der Waals surface area (Å²) < 4.78 is 7.25. The molecule has 0 aliphatic rings. The number of rotatable bonds is 5. The van der Waals surface area contributed by atoms with Gasteiger partial charge in [-0.05, 0) is 58.4 Å². The van der Waals surface area contributed by atoms with E-state index in [1.807, 2.05) is 18.2 Å².